The van der Waals surface area contributed by atoms with Crippen LogP contribution in [0.2, 0.25) is 0 Å². The van der Waals surface area contributed by atoms with Gasteiger partial charge in [0.05, 0.1) is 0 Å². The summed E-state index contributed by atoms with van der Waals surface area (Å²) in [6.07, 6.45) is 2.43. The smallest absolute Gasteiger partial charge is 0.0414 e. The SMILES string of the molecule is CC.CCCc1ccc(C(C)(C)I)cc1. The Hall–Kier alpha value is -0.0500. The summed E-state index contributed by atoms with van der Waals surface area (Å²) in [7, 11) is 0. The van der Waals surface area contributed by atoms with Crippen molar-refractivity contribution in [2.24, 2.45) is 0 Å². The Morgan fingerprint density at radius 2 is 1.53 bits per heavy atom. The molecule has 0 amide bonds. The van der Waals surface area contributed by atoms with Gasteiger partial charge in [0.2, 0.25) is 0 Å². The molecule has 0 saturated heterocycles. The van der Waals surface area contributed by atoms with Crippen molar-refractivity contribution in [1.82, 2.24) is 0 Å². The second-order valence-corrected chi connectivity index (χ2v) is 6.62. The summed E-state index contributed by atoms with van der Waals surface area (Å²) < 4.78 is 0.252. The molecular weight excluding hydrogens is 295 g/mol. The van der Waals surface area contributed by atoms with Crippen LogP contribution in [0.4, 0.5) is 0 Å². The third kappa shape index (κ3) is 5.55. The highest BCUT2D eigenvalue weighted by molar-refractivity contribution is 14.1. The molecule has 0 N–H and O–H groups in total. The third-order valence-corrected chi connectivity index (χ3v) is 2.80. The molecule has 0 aliphatic rings. The van der Waals surface area contributed by atoms with Gasteiger partial charge in [0.1, 0.15) is 0 Å². The van der Waals surface area contributed by atoms with Gasteiger partial charge in [-0.05, 0) is 31.4 Å². The van der Waals surface area contributed by atoms with Gasteiger partial charge in [-0.15, -0.1) is 0 Å². The van der Waals surface area contributed by atoms with E-state index in [1.54, 1.807) is 0 Å². The Labute approximate surface area is 109 Å². The van der Waals surface area contributed by atoms with Crippen molar-refractivity contribution in [3.63, 3.8) is 0 Å². The molecule has 1 rings (SSSR count). The molecule has 0 aliphatic heterocycles. The van der Waals surface area contributed by atoms with E-state index >= 15 is 0 Å². The first kappa shape index (κ1) is 14.9. The van der Waals surface area contributed by atoms with Crippen molar-refractivity contribution >= 4 is 22.6 Å². The molecule has 0 radical (unpaired) electrons. The van der Waals surface area contributed by atoms with Gasteiger partial charge in [-0.2, -0.15) is 0 Å². The molecule has 0 heterocycles. The monoisotopic (exact) mass is 318 g/mol. The van der Waals surface area contributed by atoms with Crippen LogP contribution >= 0.6 is 22.6 Å². The number of benzene rings is 1. The Balaban J connectivity index is 0.000000921. The summed E-state index contributed by atoms with van der Waals surface area (Å²) in [5, 5.41) is 0. The summed E-state index contributed by atoms with van der Waals surface area (Å²) in [6.45, 7) is 10.7. The highest BCUT2D eigenvalue weighted by Crippen LogP contribution is 2.30. The number of hydrogen-bond acceptors (Lipinski definition) is 0. The molecule has 0 aliphatic carbocycles. The fraction of sp³-hybridized carbons (Fsp3) is 0.571. The van der Waals surface area contributed by atoms with E-state index in [0.717, 1.165) is 0 Å². The predicted molar refractivity (Wildman–Crippen MR) is 78.8 cm³/mol. The first-order chi connectivity index (χ1) is 7.04. The maximum absolute atomic E-state index is 2.48. The van der Waals surface area contributed by atoms with Crippen LogP contribution in [0.5, 0.6) is 0 Å². The lowest BCUT2D eigenvalue weighted by Crippen LogP contribution is -2.05. The molecule has 0 saturated carbocycles. The second-order valence-electron chi connectivity index (χ2n) is 3.92. The van der Waals surface area contributed by atoms with E-state index in [9.17, 15) is 0 Å². The Morgan fingerprint density at radius 3 is 1.87 bits per heavy atom. The zero-order chi connectivity index (χ0) is 11.9. The molecule has 1 heteroatoms. The van der Waals surface area contributed by atoms with Gasteiger partial charge < -0.3 is 0 Å². The summed E-state index contributed by atoms with van der Waals surface area (Å²) in [6, 6.07) is 8.99. The van der Waals surface area contributed by atoms with Gasteiger partial charge in [-0.3, -0.25) is 0 Å². The van der Waals surface area contributed by atoms with Gasteiger partial charge in [-0.25, -0.2) is 0 Å². The first-order valence-corrected chi connectivity index (χ1v) is 6.90. The van der Waals surface area contributed by atoms with Crippen molar-refractivity contribution in [2.45, 2.75) is 50.9 Å². The molecule has 0 unspecified atom stereocenters. The van der Waals surface area contributed by atoms with E-state index in [1.165, 1.54) is 24.0 Å². The number of rotatable bonds is 3. The van der Waals surface area contributed by atoms with Crippen LogP contribution in [0.25, 0.3) is 0 Å². The third-order valence-electron chi connectivity index (χ3n) is 2.18. The Kier molecular flexibility index (Phi) is 7.24. The highest BCUT2D eigenvalue weighted by atomic mass is 127. The zero-order valence-electron chi connectivity index (χ0n) is 10.6. The summed E-state index contributed by atoms with van der Waals surface area (Å²) in [4.78, 5) is 0. The lowest BCUT2D eigenvalue weighted by molar-refractivity contribution is 0.823. The molecule has 1 aromatic carbocycles. The van der Waals surface area contributed by atoms with Crippen LogP contribution in [0.15, 0.2) is 24.3 Å². The van der Waals surface area contributed by atoms with Crippen molar-refractivity contribution in [3.8, 4) is 0 Å². The molecule has 0 spiro atoms. The van der Waals surface area contributed by atoms with Crippen LogP contribution in [0.1, 0.15) is 52.2 Å². The van der Waals surface area contributed by atoms with Crippen molar-refractivity contribution in [2.75, 3.05) is 0 Å². The highest BCUT2D eigenvalue weighted by Gasteiger charge is 2.14. The normalized spacial score (nSPS) is 10.5. The lowest BCUT2D eigenvalue weighted by atomic mass is 10.0. The lowest BCUT2D eigenvalue weighted by Gasteiger charge is -2.16. The molecular formula is C14H23I. The second kappa shape index (κ2) is 7.26. The maximum atomic E-state index is 2.48. The van der Waals surface area contributed by atoms with Gasteiger partial charge >= 0.3 is 0 Å². The molecule has 0 aromatic heterocycles. The summed E-state index contributed by atoms with van der Waals surface area (Å²) in [5.74, 6) is 0. The molecule has 15 heavy (non-hydrogen) atoms. The van der Waals surface area contributed by atoms with Crippen LogP contribution in [0.3, 0.4) is 0 Å². The minimum atomic E-state index is 0.252. The first-order valence-electron chi connectivity index (χ1n) is 5.82. The predicted octanol–water partition coefficient (Wildman–Crippen LogP) is 5.34. The maximum Gasteiger partial charge on any atom is 0.0414 e. The number of halogens is 1. The van der Waals surface area contributed by atoms with E-state index < -0.39 is 0 Å². The average Bonchev–Trinajstić information content (AvgIpc) is 2.21. The standard InChI is InChI=1S/C12H17I.C2H6/c1-4-5-10-6-8-11(9-7-10)12(2,3)13;1-2/h6-9H,4-5H2,1-3H3;1-2H3. The number of hydrogen-bond donors (Lipinski definition) is 0. The van der Waals surface area contributed by atoms with Gasteiger partial charge in [0.25, 0.3) is 0 Å². The fourth-order valence-corrected chi connectivity index (χ4v) is 1.72. The average molecular weight is 318 g/mol. The minimum absolute atomic E-state index is 0.252. The van der Waals surface area contributed by atoms with Crippen LogP contribution in [-0.4, -0.2) is 0 Å². The minimum Gasteiger partial charge on any atom is -0.0743 e. The van der Waals surface area contributed by atoms with Crippen LogP contribution in [-0.2, 0) is 9.84 Å². The Morgan fingerprint density at radius 1 is 1.07 bits per heavy atom. The molecule has 0 bridgehead atoms. The molecule has 1 aromatic rings. The summed E-state index contributed by atoms with van der Waals surface area (Å²) >= 11 is 2.48. The van der Waals surface area contributed by atoms with Gasteiger partial charge in [0.15, 0.2) is 0 Å². The van der Waals surface area contributed by atoms with E-state index in [2.05, 4.69) is 67.6 Å². The Bertz CT molecular complexity index is 254. The molecule has 86 valence electrons. The van der Waals surface area contributed by atoms with Crippen molar-refractivity contribution < 1.29 is 0 Å². The van der Waals surface area contributed by atoms with Crippen molar-refractivity contribution in [3.05, 3.63) is 35.4 Å². The summed E-state index contributed by atoms with van der Waals surface area (Å²) in [5.41, 5.74) is 2.86. The number of alkyl halides is 1. The zero-order valence-corrected chi connectivity index (χ0v) is 12.8. The van der Waals surface area contributed by atoms with E-state index in [-0.39, 0.29) is 3.42 Å². The fourth-order valence-electron chi connectivity index (χ4n) is 1.36. The van der Waals surface area contributed by atoms with Gasteiger partial charge in [0, 0.05) is 3.42 Å². The number of aryl methyl sites for hydroxylation is 1. The van der Waals surface area contributed by atoms with Crippen LogP contribution in [0, 0.1) is 0 Å². The van der Waals surface area contributed by atoms with Gasteiger partial charge in [-0.1, -0.05) is 74.0 Å². The van der Waals surface area contributed by atoms with Crippen LogP contribution < -0.4 is 0 Å². The molecule has 0 nitrogen and oxygen atoms in total. The van der Waals surface area contributed by atoms with E-state index in [0.29, 0.717) is 0 Å². The molecule has 0 atom stereocenters. The van der Waals surface area contributed by atoms with E-state index in [4.69, 9.17) is 0 Å². The van der Waals surface area contributed by atoms with E-state index in [1.807, 2.05) is 13.8 Å². The quantitative estimate of drug-likeness (QED) is 0.521. The largest absolute Gasteiger partial charge is 0.0743 e. The van der Waals surface area contributed by atoms with Crippen molar-refractivity contribution in [1.29, 1.82) is 0 Å². The topological polar surface area (TPSA) is 0 Å². The molecule has 0 fully saturated rings.